The third kappa shape index (κ3) is 4.62. The average Bonchev–Trinajstić information content (AvgIpc) is 2.27. The molecule has 0 radical (unpaired) electrons. The molecule has 4 nitrogen and oxygen atoms in total. The smallest absolute Gasteiger partial charge is 0.222 e. The maximum Gasteiger partial charge on any atom is 0.222 e. The van der Waals surface area contributed by atoms with E-state index in [-0.39, 0.29) is 12.5 Å². The van der Waals surface area contributed by atoms with Crippen molar-refractivity contribution in [1.29, 1.82) is 0 Å². The maximum absolute atomic E-state index is 11.5. The Labute approximate surface area is 91.2 Å². The molecule has 0 aromatic rings. The first kappa shape index (κ1) is 12.5. The number of aliphatic hydroxyl groups is 1. The summed E-state index contributed by atoms with van der Waals surface area (Å²) in [6.45, 7) is 2.14. The molecule has 0 saturated carbocycles. The number of hydrogen-bond donors (Lipinski definition) is 1. The molecule has 1 saturated heterocycles. The molecule has 1 N–H and O–H groups in total. The SMILES string of the molecule is CN(CCO)C(=O)CC[C@@H]1CCCOC1. The van der Waals surface area contributed by atoms with Crippen LogP contribution in [0, 0.1) is 5.92 Å². The lowest BCUT2D eigenvalue weighted by Crippen LogP contribution is -2.30. The molecule has 0 aromatic carbocycles. The van der Waals surface area contributed by atoms with Gasteiger partial charge in [0, 0.05) is 33.2 Å². The highest BCUT2D eigenvalue weighted by atomic mass is 16.5. The van der Waals surface area contributed by atoms with Crippen molar-refractivity contribution in [1.82, 2.24) is 4.90 Å². The Morgan fingerprint density at radius 1 is 1.60 bits per heavy atom. The van der Waals surface area contributed by atoms with Gasteiger partial charge in [0.15, 0.2) is 0 Å². The molecule has 0 unspecified atom stereocenters. The Balaban J connectivity index is 2.14. The zero-order valence-corrected chi connectivity index (χ0v) is 9.45. The number of nitrogens with zero attached hydrogens (tertiary/aromatic N) is 1. The van der Waals surface area contributed by atoms with E-state index < -0.39 is 0 Å². The first-order valence-electron chi connectivity index (χ1n) is 5.66. The van der Waals surface area contributed by atoms with Gasteiger partial charge in [0.2, 0.25) is 5.91 Å². The van der Waals surface area contributed by atoms with Gasteiger partial charge < -0.3 is 14.7 Å². The van der Waals surface area contributed by atoms with E-state index in [0.717, 1.165) is 26.1 Å². The summed E-state index contributed by atoms with van der Waals surface area (Å²) in [5, 5.41) is 8.69. The van der Waals surface area contributed by atoms with Gasteiger partial charge in [-0.2, -0.15) is 0 Å². The van der Waals surface area contributed by atoms with Gasteiger partial charge >= 0.3 is 0 Å². The molecule has 0 bridgehead atoms. The summed E-state index contributed by atoms with van der Waals surface area (Å²) in [5.41, 5.74) is 0. The standard InChI is InChI=1S/C11H21NO3/c1-12(6-7-13)11(14)5-4-10-3-2-8-15-9-10/h10,13H,2-9H2,1H3/t10-/m0/s1. The van der Waals surface area contributed by atoms with Crippen LogP contribution in [0.4, 0.5) is 0 Å². The van der Waals surface area contributed by atoms with Crippen LogP contribution >= 0.6 is 0 Å². The van der Waals surface area contributed by atoms with Crippen LogP contribution in [-0.2, 0) is 9.53 Å². The van der Waals surface area contributed by atoms with Gasteiger partial charge in [0.1, 0.15) is 0 Å². The van der Waals surface area contributed by atoms with E-state index in [0.29, 0.717) is 18.9 Å². The highest BCUT2D eigenvalue weighted by Gasteiger charge is 2.16. The summed E-state index contributed by atoms with van der Waals surface area (Å²) in [6, 6.07) is 0. The number of amides is 1. The van der Waals surface area contributed by atoms with E-state index >= 15 is 0 Å². The van der Waals surface area contributed by atoms with Gasteiger partial charge in [0.25, 0.3) is 0 Å². The third-order valence-electron chi connectivity index (χ3n) is 2.88. The van der Waals surface area contributed by atoms with E-state index in [9.17, 15) is 4.79 Å². The predicted octanol–water partition coefficient (Wildman–Crippen LogP) is 0.644. The number of aliphatic hydroxyl groups excluding tert-OH is 1. The summed E-state index contributed by atoms with van der Waals surface area (Å²) in [7, 11) is 1.73. The lowest BCUT2D eigenvalue weighted by Gasteiger charge is -2.23. The van der Waals surface area contributed by atoms with Gasteiger partial charge in [0.05, 0.1) is 6.61 Å². The minimum atomic E-state index is 0.0365. The number of rotatable bonds is 5. The fourth-order valence-electron chi connectivity index (χ4n) is 1.83. The molecule has 1 aliphatic heterocycles. The predicted molar refractivity (Wildman–Crippen MR) is 57.5 cm³/mol. The zero-order chi connectivity index (χ0) is 11.1. The van der Waals surface area contributed by atoms with Crippen molar-refractivity contribution in [3.8, 4) is 0 Å². The van der Waals surface area contributed by atoms with Crippen LogP contribution in [-0.4, -0.2) is 49.3 Å². The summed E-state index contributed by atoms with van der Waals surface area (Å²) < 4.78 is 5.36. The van der Waals surface area contributed by atoms with Crippen LogP contribution < -0.4 is 0 Å². The third-order valence-corrected chi connectivity index (χ3v) is 2.88. The average molecular weight is 215 g/mol. The lowest BCUT2D eigenvalue weighted by molar-refractivity contribution is -0.130. The van der Waals surface area contributed by atoms with Crippen molar-refractivity contribution < 1.29 is 14.6 Å². The van der Waals surface area contributed by atoms with E-state index in [4.69, 9.17) is 9.84 Å². The number of likely N-dealkylation sites (N-methyl/N-ethyl adjacent to an activating group) is 1. The first-order chi connectivity index (χ1) is 7.24. The van der Waals surface area contributed by atoms with Crippen molar-refractivity contribution in [3.05, 3.63) is 0 Å². The lowest BCUT2D eigenvalue weighted by atomic mass is 9.97. The summed E-state index contributed by atoms with van der Waals surface area (Å²) in [5.74, 6) is 0.667. The Kier molecular flexibility index (Phi) is 5.65. The Morgan fingerprint density at radius 2 is 2.40 bits per heavy atom. The van der Waals surface area contributed by atoms with Crippen molar-refractivity contribution in [2.45, 2.75) is 25.7 Å². The van der Waals surface area contributed by atoms with Crippen LogP contribution in [0.1, 0.15) is 25.7 Å². The quantitative estimate of drug-likeness (QED) is 0.732. The van der Waals surface area contributed by atoms with E-state index in [2.05, 4.69) is 0 Å². The fraction of sp³-hybridized carbons (Fsp3) is 0.909. The Hall–Kier alpha value is -0.610. The zero-order valence-electron chi connectivity index (χ0n) is 9.45. The van der Waals surface area contributed by atoms with Crippen molar-refractivity contribution in [3.63, 3.8) is 0 Å². The van der Waals surface area contributed by atoms with Gasteiger partial charge in [-0.15, -0.1) is 0 Å². The largest absolute Gasteiger partial charge is 0.395 e. The van der Waals surface area contributed by atoms with Gasteiger partial charge in [-0.3, -0.25) is 4.79 Å². The summed E-state index contributed by atoms with van der Waals surface area (Å²) in [4.78, 5) is 13.1. The van der Waals surface area contributed by atoms with Crippen molar-refractivity contribution in [2.24, 2.45) is 5.92 Å². The minimum absolute atomic E-state index is 0.0365. The molecule has 0 spiro atoms. The number of carbonyl (C=O) groups excluding carboxylic acids is 1. The summed E-state index contributed by atoms with van der Waals surface area (Å²) in [6.07, 6.45) is 3.78. The molecule has 1 atom stereocenters. The minimum Gasteiger partial charge on any atom is -0.395 e. The van der Waals surface area contributed by atoms with Gasteiger partial charge in [-0.25, -0.2) is 0 Å². The number of carbonyl (C=O) groups is 1. The second-order valence-corrected chi connectivity index (χ2v) is 4.16. The monoisotopic (exact) mass is 215 g/mol. The van der Waals surface area contributed by atoms with E-state index in [1.54, 1.807) is 11.9 Å². The molecule has 0 aliphatic carbocycles. The second kappa shape index (κ2) is 6.80. The molecule has 1 heterocycles. The highest BCUT2D eigenvalue weighted by Crippen LogP contribution is 2.18. The molecule has 0 aromatic heterocycles. The molecule has 1 amide bonds. The number of ether oxygens (including phenoxy) is 1. The summed E-state index contributed by atoms with van der Waals surface area (Å²) >= 11 is 0. The molecule has 1 aliphatic rings. The maximum atomic E-state index is 11.5. The van der Waals surface area contributed by atoms with E-state index in [1.807, 2.05) is 0 Å². The molecular formula is C11H21NO3. The van der Waals surface area contributed by atoms with Crippen LogP contribution in [0.25, 0.3) is 0 Å². The first-order valence-corrected chi connectivity index (χ1v) is 5.66. The molecule has 4 heteroatoms. The highest BCUT2D eigenvalue weighted by molar-refractivity contribution is 5.75. The Bertz CT molecular complexity index is 190. The van der Waals surface area contributed by atoms with Crippen LogP contribution in [0.2, 0.25) is 0 Å². The molecule has 15 heavy (non-hydrogen) atoms. The van der Waals surface area contributed by atoms with Crippen LogP contribution in [0.15, 0.2) is 0 Å². The normalized spacial score (nSPS) is 21.3. The molecule has 1 rings (SSSR count). The van der Waals surface area contributed by atoms with Gasteiger partial charge in [-0.05, 0) is 25.2 Å². The van der Waals surface area contributed by atoms with Gasteiger partial charge in [-0.1, -0.05) is 0 Å². The van der Waals surface area contributed by atoms with Crippen LogP contribution in [0.3, 0.4) is 0 Å². The van der Waals surface area contributed by atoms with Crippen LogP contribution in [0.5, 0.6) is 0 Å². The second-order valence-electron chi connectivity index (χ2n) is 4.16. The topological polar surface area (TPSA) is 49.8 Å². The molecular weight excluding hydrogens is 194 g/mol. The van der Waals surface area contributed by atoms with Crippen molar-refractivity contribution >= 4 is 5.91 Å². The van der Waals surface area contributed by atoms with E-state index in [1.165, 1.54) is 6.42 Å². The molecule has 1 fully saturated rings. The number of hydrogen-bond acceptors (Lipinski definition) is 3. The molecule has 88 valence electrons. The Morgan fingerprint density at radius 3 is 3.00 bits per heavy atom. The van der Waals surface area contributed by atoms with Crippen molar-refractivity contribution in [2.75, 3.05) is 33.4 Å². The fourth-order valence-corrected chi connectivity index (χ4v) is 1.83.